The number of ether oxygens (including phenoxy) is 1. The Morgan fingerprint density at radius 2 is 1.63 bits per heavy atom. The monoisotopic (exact) mass is 374 g/mol. The number of esters is 1. The van der Waals surface area contributed by atoms with Gasteiger partial charge in [-0.3, -0.25) is 4.79 Å². The Labute approximate surface area is 156 Å². The Bertz CT molecular complexity index is 924. The van der Waals surface area contributed by atoms with Gasteiger partial charge in [-0.05, 0) is 73.2 Å². The number of hydrogen-bond donors (Lipinski definition) is 0. The van der Waals surface area contributed by atoms with Gasteiger partial charge in [-0.1, -0.05) is 30.3 Å². The van der Waals surface area contributed by atoms with Gasteiger partial charge in [-0.25, -0.2) is 0 Å². The van der Waals surface area contributed by atoms with Crippen molar-refractivity contribution in [3.8, 4) is 0 Å². The van der Waals surface area contributed by atoms with Gasteiger partial charge in [0.1, 0.15) is 5.41 Å². The van der Waals surface area contributed by atoms with Crippen LogP contribution in [0.2, 0.25) is 0 Å². The number of aryl methyl sites for hydroxylation is 2. The zero-order valence-electron chi connectivity index (χ0n) is 15.7. The molecule has 27 heavy (non-hydrogen) atoms. The summed E-state index contributed by atoms with van der Waals surface area (Å²) in [6.45, 7) is 7.76. The fourth-order valence-electron chi connectivity index (χ4n) is 3.61. The van der Waals surface area contributed by atoms with Crippen LogP contribution in [-0.2, 0) is 21.1 Å². The van der Waals surface area contributed by atoms with E-state index in [9.17, 15) is 18.0 Å². The lowest BCUT2D eigenvalue weighted by molar-refractivity contribution is -0.145. The van der Waals surface area contributed by atoms with Crippen molar-refractivity contribution in [3.05, 3.63) is 75.9 Å². The molecule has 0 aromatic heterocycles. The largest absolute Gasteiger partial charge is 0.465 e. The van der Waals surface area contributed by atoms with Gasteiger partial charge in [0.05, 0.1) is 12.2 Å². The minimum atomic E-state index is -4.39. The van der Waals surface area contributed by atoms with E-state index < -0.39 is 17.2 Å². The SMILES string of the molecule is CCOC(=O)C1(c2ccc(C)c(C)c2)C(C)=C1c1ccc(C(F)(F)F)cc1. The van der Waals surface area contributed by atoms with Crippen molar-refractivity contribution in [1.82, 2.24) is 0 Å². The number of carbonyl (C=O) groups excluding carboxylic acids is 1. The molecule has 0 saturated heterocycles. The highest BCUT2D eigenvalue weighted by atomic mass is 19.4. The molecule has 0 fully saturated rings. The number of carbonyl (C=O) groups is 1. The van der Waals surface area contributed by atoms with Gasteiger partial charge in [-0.15, -0.1) is 0 Å². The molecule has 1 aliphatic carbocycles. The molecular weight excluding hydrogens is 353 g/mol. The minimum Gasteiger partial charge on any atom is -0.465 e. The average Bonchev–Trinajstić information content (AvgIpc) is 3.23. The number of benzene rings is 2. The molecule has 1 aliphatic rings. The van der Waals surface area contributed by atoms with E-state index in [0.717, 1.165) is 40.0 Å². The molecule has 3 rings (SSSR count). The number of rotatable bonds is 4. The third-order valence-corrected chi connectivity index (χ3v) is 5.27. The Morgan fingerprint density at radius 3 is 2.15 bits per heavy atom. The van der Waals surface area contributed by atoms with Crippen molar-refractivity contribution < 1.29 is 22.7 Å². The summed E-state index contributed by atoms with van der Waals surface area (Å²) in [5.41, 5.74) is 3.34. The maximum absolute atomic E-state index is 12.9. The molecule has 0 saturated carbocycles. The van der Waals surface area contributed by atoms with Crippen LogP contribution in [0.15, 0.2) is 48.0 Å². The predicted molar refractivity (Wildman–Crippen MR) is 98.3 cm³/mol. The molecule has 2 aromatic rings. The fourth-order valence-corrected chi connectivity index (χ4v) is 3.61. The number of alkyl halides is 3. The average molecular weight is 374 g/mol. The lowest BCUT2D eigenvalue weighted by Gasteiger charge is -2.20. The molecule has 1 unspecified atom stereocenters. The first-order valence-corrected chi connectivity index (χ1v) is 8.78. The summed E-state index contributed by atoms with van der Waals surface area (Å²) in [4.78, 5) is 12.9. The molecule has 0 bridgehead atoms. The van der Waals surface area contributed by atoms with E-state index in [2.05, 4.69) is 0 Å². The first-order chi connectivity index (χ1) is 12.6. The van der Waals surface area contributed by atoms with Crippen LogP contribution in [0.1, 0.15) is 41.7 Å². The van der Waals surface area contributed by atoms with Crippen LogP contribution < -0.4 is 0 Å². The maximum Gasteiger partial charge on any atom is 0.416 e. The standard InChI is InChI=1S/C22H21F3O2/c1-5-27-20(26)21(18-9-6-13(2)14(3)12-18)15(4)19(21)16-7-10-17(11-8-16)22(23,24)25/h6-12H,5H2,1-4H3. The summed E-state index contributed by atoms with van der Waals surface area (Å²) < 4.78 is 43.9. The van der Waals surface area contributed by atoms with Gasteiger partial charge in [0.15, 0.2) is 0 Å². The van der Waals surface area contributed by atoms with Gasteiger partial charge in [0.25, 0.3) is 0 Å². The van der Waals surface area contributed by atoms with Crippen LogP contribution in [0.4, 0.5) is 13.2 Å². The van der Waals surface area contributed by atoms with Crippen LogP contribution in [0.25, 0.3) is 5.57 Å². The maximum atomic E-state index is 12.9. The van der Waals surface area contributed by atoms with Gasteiger partial charge < -0.3 is 4.74 Å². The van der Waals surface area contributed by atoms with Crippen LogP contribution in [0.5, 0.6) is 0 Å². The molecule has 2 aromatic carbocycles. The molecule has 0 amide bonds. The van der Waals surface area contributed by atoms with E-state index >= 15 is 0 Å². The third-order valence-electron chi connectivity index (χ3n) is 5.27. The molecular formula is C22H21F3O2. The lowest BCUT2D eigenvalue weighted by atomic mass is 9.84. The molecule has 0 radical (unpaired) electrons. The smallest absolute Gasteiger partial charge is 0.416 e. The Kier molecular flexibility index (Phi) is 4.66. The van der Waals surface area contributed by atoms with Crippen molar-refractivity contribution in [1.29, 1.82) is 0 Å². The third kappa shape index (κ3) is 3.05. The molecule has 0 spiro atoms. The van der Waals surface area contributed by atoms with Gasteiger partial charge in [-0.2, -0.15) is 13.2 Å². The Hall–Kier alpha value is -2.56. The van der Waals surface area contributed by atoms with E-state index in [1.54, 1.807) is 6.92 Å². The molecule has 5 heteroatoms. The summed E-state index contributed by atoms with van der Waals surface area (Å²) >= 11 is 0. The molecule has 0 heterocycles. The second kappa shape index (κ2) is 6.55. The first kappa shape index (κ1) is 19.2. The summed E-state index contributed by atoms with van der Waals surface area (Å²) in [6.07, 6.45) is -4.39. The Balaban J connectivity index is 2.06. The lowest BCUT2D eigenvalue weighted by Crippen LogP contribution is -2.28. The van der Waals surface area contributed by atoms with E-state index in [1.807, 2.05) is 39.0 Å². The highest BCUT2D eigenvalue weighted by Crippen LogP contribution is 2.60. The topological polar surface area (TPSA) is 26.3 Å². The van der Waals surface area contributed by atoms with Crippen molar-refractivity contribution in [2.24, 2.45) is 0 Å². The van der Waals surface area contributed by atoms with Crippen LogP contribution in [0.3, 0.4) is 0 Å². The highest BCUT2D eigenvalue weighted by molar-refractivity contribution is 6.15. The van der Waals surface area contributed by atoms with Gasteiger partial charge >= 0.3 is 12.1 Å². The van der Waals surface area contributed by atoms with E-state index in [-0.39, 0.29) is 12.6 Å². The van der Waals surface area contributed by atoms with Crippen molar-refractivity contribution in [3.63, 3.8) is 0 Å². The molecule has 142 valence electrons. The van der Waals surface area contributed by atoms with Gasteiger partial charge in [0.2, 0.25) is 0 Å². The van der Waals surface area contributed by atoms with Crippen molar-refractivity contribution in [2.75, 3.05) is 6.61 Å². The van der Waals surface area contributed by atoms with Crippen molar-refractivity contribution in [2.45, 2.75) is 39.3 Å². The van der Waals surface area contributed by atoms with E-state index in [4.69, 9.17) is 4.74 Å². The molecule has 2 nitrogen and oxygen atoms in total. The second-order valence-corrected chi connectivity index (χ2v) is 6.84. The zero-order valence-corrected chi connectivity index (χ0v) is 15.7. The first-order valence-electron chi connectivity index (χ1n) is 8.78. The van der Waals surface area contributed by atoms with Gasteiger partial charge in [0, 0.05) is 0 Å². The number of hydrogen-bond acceptors (Lipinski definition) is 2. The van der Waals surface area contributed by atoms with Crippen LogP contribution >= 0.6 is 0 Å². The highest BCUT2D eigenvalue weighted by Gasteiger charge is 2.59. The molecule has 1 atom stereocenters. The Morgan fingerprint density at radius 1 is 1.00 bits per heavy atom. The van der Waals surface area contributed by atoms with E-state index in [0.29, 0.717) is 5.56 Å². The predicted octanol–water partition coefficient (Wildman–Crippen LogP) is 5.61. The molecule has 0 N–H and O–H groups in total. The normalized spacial score (nSPS) is 19.2. The fraction of sp³-hybridized carbons (Fsp3) is 0.318. The second-order valence-electron chi connectivity index (χ2n) is 6.84. The summed E-state index contributed by atoms with van der Waals surface area (Å²) in [5, 5.41) is 0. The summed E-state index contributed by atoms with van der Waals surface area (Å²) in [7, 11) is 0. The quantitative estimate of drug-likeness (QED) is 0.650. The van der Waals surface area contributed by atoms with Crippen LogP contribution in [0, 0.1) is 13.8 Å². The molecule has 0 aliphatic heterocycles. The summed E-state index contributed by atoms with van der Waals surface area (Å²) in [5.74, 6) is -0.388. The summed E-state index contributed by atoms with van der Waals surface area (Å²) in [6, 6.07) is 10.7. The van der Waals surface area contributed by atoms with Crippen LogP contribution in [-0.4, -0.2) is 12.6 Å². The van der Waals surface area contributed by atoms with E-state index in [1.165, 1.54) is 12.1 Å². The van der Waals surface area contributed by atoms with Crippen molar-refractivity contribution >= 4 is 11.5 Å². The minimum absolute atomic E-state index is 0.235. The number of halogens is 3. The zero-order chi connectivity index (χ0) is 20.0.